The van der Waals surface area contributed by atoms with Gasteiger partial charge in [-0.05, 0) is 51.8 Å². The highest BCUT2D eigenvalue weighted by atomic mass is 16.5. The van der Waals surface area contributed by atoms with Crippen molar-refractivity contribution in [2.75, 3.05) is 6.54 Å². The maximum absolute atomic E-state index is 5.48. The molecule has 1 saturated heterocycles. The Labute approximate surface area is 153 Å². The van der Waals surface area contributed by atoms with E-state index >= 15 is 0 Å². The minimum absolute atomic E-state index is 0.186. The molecule has 1 aromatic carbocycles. The molecule has 1 N–H and O–H groups in total. The molecule has 3 heterocycles. The van der Waals surface area contributed by atoms with Crippen molar-refractivity contribution in [1.29, 1.82) is 0 Å². The monoisotopic (exact) mass is 351 g/mol. The molecule has 4 rings (SSSR count). The van der Waals surface area contributed by atoms with Gasteiger partial charge < -0.3 is 4.52 Å². The fraction of sp³-hybridized carbons (Fsp3) is 0.450. The molecule has 1 atom stereocenters. The van der Waals surface area contributed by atoms with Gasteiger partial charge in [-0.2, -0.15) is 10.1 Å². The molecule has 0 amide bonds. The predicted molar refractivity (Wildman–Crippen MR) is 99.5 cm³/mol. The Morgan fingerprint density at radius 3 is 2.92 bits per heavy atom. The molecule has 0 radical (unpaired) electrons. The first-order valence-corrected chi connectivity index (χ1v) is 9.26. The van der Waals surface area contributed by atoms with Crippen molar-refractivity contribution in [2.24, 2.45) is 0 Å². The van der Waals surface area contributed by atoms with E-state index < -0.39 is 0 Å². The number of benzene rings is 1. The fourth-order valence-corrected chi connectivity index (χ4v) is 3.80. The van der Waals surface area contributed by atoms with Crippen LogP contribution in [0.1, 0.15) is 53.7 Å². The molecule has 1 aliphatic rings. The standard InChI is InChI=1S/C20H25N5O/c1-13-7-8-14(2)17(10-13)19-16(11-21-23-19)12-25-9-5-4-6-18(25)20-22-15(3)24-26-20/h7-8,10-11,18H,4-6,9,12H2,1-3H3,(H,21,23)/t18-/m0/s1. The van der Waals surface area contributed by atoms with Crippen LogP contribution in [0.4, 0.5) is 0 Å². The summed E-state index contributed by atoms with van der Waals surface area (Å²) in [6.07, 6.45) is 5.39. The van der Waals surface area contributed by atoms with Crippen molar-refractivity contribution in [3.8, 4) is 11.3 Å². The summed E-state index contributed by atoms with van der Waals surface area (Å²) in [5.74, 6) is 1.43. The van der Waals surface area contributed by atoms with Crippen molar-refractivity contribution in [3.63, 3.8) is 0 Å². The maximum atomic E-state index is 5.48. The van der Waals surface area contributed by atoms with E-state index in [0.29, 0.717) is 5.82 Å². The van der Waals surface area contributed by atoms with E-state index in [4.69, 9.17) is 4.52 Å². The second kappa shape index (κ2) is 7.03. The van der Waals surface area contributed by atoms with Gasteiger partial charge in [-0.1, -0.05) is 29.3 Å². The predicted octanol–water partition coefficient (Wildman–Crippen LogP) is 4.11. The van der Waals surface area contributed by atoms with Gasteiger partial charge in [0, 0.05) is 17.7 Å². The van der Waals surface area contributed by atoms with Crippen molar-refractivity contribution in [1.82, 2.24) is 25.2 Å². The molecular formula is C20H25N5O. The van der Waals surface area contributed by atoms with Gasteiger partial charge in [0.2, 0.25) is 5.89 Å². The highest BCUT2D eigenvalue weighted by Gasteiger charge is 2.29. The number of aromatic amines is 1. The number of aryl methyl sites for hydroxylation is 3. The summed E-state index contributed by atoms with van der Waals surface area (Å²) in [7, 11) is 0. The molecule has 136 valence electrons. The van der Waals surface area contributed by atoms with Crippen LogP contribution in [0.15, 0.2) is 28.9 Å². The molecule has 0 saturated carbocycles. The largest absolute Gasteiger partial charge is 0.338 e. The van der Waals surface area contributed by atoms with E-state index in [9.17, 15) is 0 Å². The summed E-state index contributed by atoms with van der Waals surface area (Å²) >= 11 is 0. The van der Waals surface area contributed by atoms with Crippen LogP contribution >= 0.6 is 0 Å². The van der Waals surface area contributed by atoms with Crippen LogP contribution in [0.5, 0.6) is 0 Å². The van der Waals surface area contributed by atoms with Crippen LogP contribution in [0.3, 0.4) is 0 Å². The summed E-state index contributed by atoms with van der Waals surface area (Å²) in [5, 5.41) is 11.5. The molecule has 1 fully saturated rings. The molecule has 0 unspecified atom stereocenters. The average Bonchev–Trinajstić information content (AvgIpc) is 3.27. The van der Waals surface area contributed by atoms with E-state index in [-0.39, 0.29) is 6.04 Å². The number of H-pyrrole nitrogens is 1. The van der Waals surface area contributed by atoms with E-state index in [0.717, 1.165) is 31.1 Å². The van der Waals surface area contributed by atoms with Gasteiger partial charge in [-0.15, -0.1) is 0 Å². The van der Waals surface area contributed by atoms with Crippen molar-refractivity contribution < 1.29 is 4.52 Å². The van der Waals surface area contributed by atoms with Crippen molar-refractivity contribution >= 4 is 0 Å². The second-order valence-corrected chi connectivity index (χ2v) is 7.25. The zero-order valence-electron chi connectivity index (χ0n) is 15.6. The van der Waals surface area contributed by atoms with Gasteiger partial charge in [0.15, 0.2) is 5.82 Å². The van der Waals surface area contributed by atoms with Crippen molar-refractivity contribution in [2.45, 2.75) is 52.6 Å². The molecular weight excluding hydrogens is 326 g/mol. The minimum atomic E-state index is 0.186. The first-order valence-electron chi connectivity index (χ1n) is 9.26. The molecule has 3 aromatic rings. The number of piperidine rings is 1. The number of rotatable bonds is 4. The Hall–Kier alpha value is -2.47. The first-order chi connectivity index (χ1) is 12.6. The lowest BCUT2D eigenvalue weighted by Gasteiger charge is -2.33. The number of likely N-dealkylation sites (tertiary alicyclic amines) is 1. The Balaban J connectivity index is 1.63. The summed E-state index contributed by atoms with van der Waals surface area (Å²) < 4.78 is 5.48. The molecule has 0 spiro atoms. The molecule has 26 heavy (non-hydrogen) atoms. The SMILES string of the molecule is Cc1ccc(C)c(-c2[nH]ncc2CN2CCCC[C@H]2c2nc(C)no2)c1. The third-order valence-electron chi connectivity index (χ3n) is 5.20. The Morgan fingerprint density at radius 2 is 2.12 bits per heavy atom. The van der Waals surface area contributed by atoms with Crippen LogP contribution in [-0.2, 0) is 6.54 Å². The zero-order valence-corrected chi connectivity index (χ0v) is 15.6. The van der Waals surface area contributed by atoms with Crippen molar-refractivity contribution in [3.05, 3.63) is 52.8 Å². The quantitative estimate of drug-likeness (QED) is 0.766. The summed E-state index contributed by atoms with van der Waals surface area (Å²) in [6.45, 7) is 7.99. The van der Waals surface area contributed by atoms with Gasteiger partial charge in [-0.25, -0.2) is 0 Å². The van der Waals surface area contributed by atoms with Gasteiger partial charge in [0.25, 0.3) is 0 Å². The molecule has 6 nitrogen and oxygen atoms in total. The van der Waals surface area contributed by atoms with Crippen LogP contribution < -0.4 is 0 Å². The number of nitrogens with one attached hydrogen (secondary N) is 1. The van der Waals surface area contributed by atoms with E-state index in [1.165, 1.54) is 35.1 Å². The maximum Gasteiger partial charge on any atom is 0.243 e. The number of aromatic nitrogens is 4. The highest BCUT2D eigenvalue weighted by Crippen LogP contribution is 2.33. The third-order valence-corrected chi connectivity index (χ3v) is 5.20. The third kappa shape index (κ3) is 3.29. The van der Waals surface area contributed by atoms with E-state index in [2.05, 4.69) is 57.3 Å². The minimum Gasteiger partial charge on any atom is -0.338 e. The number of nitrogens with zero attached hydrogens (tertiary/aromatic N) is 4. The zero-order chi connectivity index (χ0) is 18.1. The molecule has 0 bridgehead atoms. The lowest BCUT2D eigenvalue weighted by Crippen LogP contribution is -2.33. The summed E-state index contributed by atoms with van der Waals surface area (Å²) in [6, 6.07) is 6.72. The molecule has 0 aliphatic carbocycles. The van der Waals surface area contributed by atoms with E-state index in [1.54, 1.807) is 0 Å². The van der Waals surface area contributed by atoms with Crippen LogP contribution in [0.25, 0.3) is 11.3 Å². The molecule has 6 heteroatoms. The van der Waals surface area contributed by atoms with Crippen LogP contribution in [-0.4, -0.2) is 31.8 Å². The normalized spacial score (nSPS) is 18.3. The number of hydrogen-bond donors (Lipinski definition) is 1. The van der Waals surface area contributed by atoms with E-state index in [1.807, 2.05) is 13.1 Å². The Kier molecular flexibility index (Phi) is 4.59. The van der Waals surface area contributed by atoms with Gasteiger partial charge in [-0.3, -0.25) is 10.00 Å². The van der Waals surface area contributed by atoms with Gasteiger partial charge in [0.05, 0.1) is 17.9 Å². The van der Waals surface area contributed by atoms with Gasteiger partial charge >= 0.3 is 0 Å². The Morgan fingerprint density at radius 1 is 1.23 bits per heavy atom. The number of hydrogen-bond acceptors (Lipinski definition) is 5. The molecule has 1 aliphatic heterocycles. The van der Waals surface area contributed by atoms with Crippen LogP contribution in [0.2, 0.25) is 0 Å². The highest BCUT2D eigenvalue weighted by molar-refractivity contribution is 5.67. The summed E-state index contributed by atoms with van der Waals surface area (Å²) in [4.78, 5) is 6.92. The summed E-state index contributed by atoms with van der Waals surface area (Å²) in [5.41, 5.74) is 6.05. The first kappa shape index (κ1) is 17.0. The Bertz CT molecular complexity index is 897. The second-order valence-electron chi connectivity index (χ2n) is 7.25. The fourth-order valence-electron chi connectivity index (χ4n) is 3.80. The smallest absolute Gasteiger partial charge is 0.243 e. The average molecular weight is 351 g/mol. The lowest BCUT2D eigenvalue weighted by molar-refractivity contribution is 0.111. The topological polar surface area (TPSA) is 70.8 Å². The van der Waals surface area contributed by atoms with Gasteiger partial charge in [0.1, 0.15) is 0 Å². The van der Waals surface area contributed by atoms with Crippen LogP contribution in [0, 0.1) is 20.8 Å². The molecule has 2 aromatic heterocycles. The lowest BCUT2D eigenvalue weighted by atomic mass is 9.98.